The van der Waals surface area contributed by atoms with Gasteiger partial charge >= 0.3 is 0 Å². The molecule has 2 aliphatic heterocycles. The zero-order valence-corrected chi connectivity index (χ0v) is 15.8. The first-order valence-corrected chi connectivity index (χ1v) is 10.2. The van der Waals surface area contributed by atoms with Crippen LogP contribution in [0.1, 0.15) is 43.1 Å². The van der Waals surface area contributed by atoms with Gasteiger partial charge in [0.25, 0.3) is 5.91 Å². The van der Waals surface area contributed by atoms with E-state index >= 15 is 0 Å². The zero-order chi connectivity index (χ0) is 17.9. The van der Waals surface area contributed by atoms with Crippen LogP contribution in [0.15, 0.2) is 35.5 Å². The molecule has 0 aliphatic carbocycles. The van der Waals surface area contributed by atoms with Gasteiger partial charge in [0, 0.05) is 26.0 Å². The van der Waals surface area contributed by atoms with E-state index in [0.29, 0.717) is 6.61 Å². The van der Waals surface area contributed by atoms with Crippen molar-refractivity contribution in [2.24, 2.45) is 7.05 Å². The summed E-state index contributed by atoms with van der Waals surface area (Å²) in [6, 6.07) is 10.4. The van der Waals surface area contributed by atoms with Gasteiger partial charge in [-0.15, -0.1) is 10.2 Å². The third-order valence-corrected chi connectivity index (χ3v) is 6.21. The standard InChI is InChI=1S/C19H24N4O2S/c1-22-17(20-21-19(22)26-13-14-7-3-2-4-8-14)15-9-5-11-23(15)18(24)16-10-6-12-25-16/h2-4,7-8,15-16H,5-6,9-13H2,1H3/t15-,16+/m1/s1. The predicted molar refractivity (Wildman–Crippen MR) is 99.7 cm³/mol. The second kappa shape index (κ2) is 7.80. The Morgan fingerprint density at radius 2 is 2.08 bits per heavy atom. The molecule has 3 heterocycles. The molecule has 4 rings (SSSR count). The molecule has 2 aromatic rings. The largest absolute Gasteiger partial charge is 0.368 e. The number of benzene rings is 1. The third kappa shape index (κ3) is 3.50. The summed E-state index contributed by atoms with van der Waals surface area (Å²) in [5.41, 5.74) is 1.26. The van der Waals surface area contributed by atoms with Crippen molar-refractivity contribution in [2.75, 3.05) is 13.2 Å². The van der Waals surface area contributed by atoms with Gasteiger partial charge in [-0.2, -0.15) is 0 Å². The smallest absolute Gasteiger partial charge is 0.252 e. The third-order valence-electron chi connectivity index (χ3n) is 5.12. The van der Waals surface area contributed by atoms with Crippen molar-refractivity contribution in [1.82, 2.24) is 19.7 Å². The van der Waals surface area contributed by atoms with Crippen LogP contribution in [0.25, 0.3) is 0 Å². The van der Waals surface area contributed by atoms with Crippen molar-refractivity contribution < 1.29 is 9.53 Å². The highest BCUT2D eigenvalue weighted by atomic mass is 32.2. The number of hydrogen-bond donors (Lipinski definition) is 0. The Kier molecular flexibility index (Phi) is 5.26. The van der Waals surface area contributed by atoms with Gasteiger partial charge in [0.05, 0.1) is 6.04 Å². The molecule has 0 unspecified atom stereocenters. The fourth-order valence-electron chi connectivity index (χ4n) is 3.72. The molecule has 0 saturated carbocycles. The Balaban J connectivity index is 1.47. The minimum absolute atomic E-state index is 0.00951. The Hall–Kier alpha value is -1.86. The molecule has 2 atom stereocenters. The van der Waals surface area contributed by atoms with Crippen LogP contribution >= 0.6 is 11.8 Å². The number of ether oxygens (including phenoxy) is 1. The number of thioether (sulfide) groups is 1. The number of hydrogen-bond acceptors (Lipinski definition) is 5. The summed E-state index contributed by atoms with van der Waals surface area (Å²) in [6.45, 7) is 1.47. The van der Waals surface area contributed by atoms with Crippen LogP contribution < -0.4 is 0 Å². The molecule has 26 heavy (non-hydrogen) atoms. The number of amides is 1. The van der Waals surface area contributed by atoms with Gasteiger partial charge in [-0.3, -0.25) is 4.79 Å². The molecular formula is C19H24N4O2S. The molecule has 0 bridgehead atoms. The number of nitrogens with zero attached hydrogens (tertiary/aromatic N) is 4. The molecule has 0 spiro atoms. The number of carbonyl (C=O) groups is 1. The molecule has 1 aromatic heterocycles. The normalized spacial score (nSPS) is 22.9. The average molecular weight is 372 g/mol. The summed E-state index contributed by atoms with van der Waals surface area (Å²) in [7, 11) is 2.00. The predicted octanol–water partition coefficient (Wildman–Crippen LogP) is 2.95. The van der Waals surface area contributed by atoms with E-state index in [4.69, 9.17) is 4.74 Å². The lowest BCUT2D eigenvalue weighted by Crippen LogP contribution is -2.39. The summed E-state index contributed by atoms with van der Waals surface area (Å²) in [4.78, 5) is 14.7. The fraction of sp³-hybridized carbons (Fsp3) is 0.526. The first kappa shape index (κ1) is 17.5. The Morgan fingerprint density at radius 3 is 2.85 bits per heavy atom. The van der Waals surface area contributed by atoms with Crippen LogP contribution in [-0.2, 0) is 22.3 Å². The van der Waals surface area contributed by atoms with E-state index in [2.05, 4.69) is 22.3 Å². The molecule has 2 aliphatic rings. The van der Waals surface area contributed by atoms with E-state index in [9.17, 15) is 4.79 Å². The molecule has 138 valence electrons. The van der Waals surface area contributed by atoms with Gasteiger partial charge in [0.2, 0.25) is 0 Å². The molecule has 7 heteroatoms. The highest BCUT2D eigenvalue weighted by Crippen LogP contribution is 2.34. The fourth-order valence-corrected chi connectivity index (χ4v) is 4.59. The van der Waals surface area contributed by atoms with Crippen LogP contribution in [-0.4, -0.2) is 44.8 Å². The molecular weight excluding hydrogens is 348 g/mol. The highest BCUT2D eigenvalue weighted by molar-refractivity contribution is 7.98. The number of likely N-dealkylation sites (tertiary alicyclic amines) is 1. The second-order valence-electron chi connectivity index (χ2n) is 6.87. The minimum atomic E-state index is -0.268. The lowest BCUT2D eigenvalue weighted by molar-refractivity contribution is -0.142. The van der Waals surface area contributed by atoms with E-state index in [1.807, 2.05) is 34.7 Å². The van der Waals surface area contributed by atoms with Crippen LogP contribution in [0.4, 0.5) is 0 Å². The van der Waals surface area contributed by atoms with E-state index in [0.717, 1.165) is 49.0 Å². The van der Waals surface area contributed by atoms with Crippen molar-refractivity contribution in [3.05, 3.63) is 41.7 Å². The molecule has 1 aromatic carbocycles. The van der Waals surface area contributed by atoms with Crippen molar-refractivity contribution in [3.63, 3.8) is 0 Å². The topological polar surface area (TPSA) is 60.2 Å². The minimum Gasteiger partial charge on any atom is -0.368 e. The van der Waals surface area contributed by atoms with Crippen molar-refractivity contribution >= 4 is 17.7 Å². The van der Waals surface area contributed by atoms with Gasteiger partial charge in [0.1, 0.15) is 6.10 Å². The van der Waals surface area contributed by atoms with E-state index in [1.54, 1.807) is 11.8 Å². The average Bonchev–Trinajstić information content (AvgIpc) is 3.41. The van der Waals surface area contributed by atoms with Crippen LogP contribution in [0.2, 0.25) is 0 Å². The monoisotopic (exact) mass is 372 g/mol. The zero-order valence-electron chi connectivity index (χ0n) is 15.0. The second-order valence-corrected chi connectivity index (χ2v) is 7.81. The SMILES string of the molecule is Cn1c(SCc2ccccc2)nnc1[C@H]1CCCN1C(=O)[C@@H]1CCCO1. The number of aromatic nitrogens is 3. The Morgan fingerprint density at radius 1 is 1.23 bits per heavy atom. The Labute approximate surface area is 157 Å². The van der Waals surface area contributed by atoms with Crippen LogP contribution in [0, 0.1) is 0 Å². The molecule has 0 N–H and O–H groups in total. The Bertz CT molecular complexity index is 758. The molecule has 0 radical (unpaired) electrons. The van der Waals surface area contributed by atoms with Gasteiger partial charge < -0.3 is 14.2 Å². The van der Waals surface area contributed by atoms with Crippen LogP contribution in [0.3, 0.4) is 0 Å². The van der Waals surface area contributed by atoms with E-state index in [-0.39, 0.29) is 18.1 Å². The van der Waals surface area contributed by atoms with E-state index in [1.165, 1.54) is 5.56 Å². The van der Waals surface area contributed by atoms with Gasteiger partial charge in [-0.1, -0.05) is 42.1 Å². The summed E-state index contributed by atoms with van der Waals surface area (Å²) in [5.74, 6) is 1.85. The maximum Gasteiger partial charge on any atom is 0.252 e. The quantitative estimate of drug-likeness (QED) is 0.755. The lowest BCUT2D eigenvalue weighted by atomic mass is 10.1. The molecule has 6 nitrogen and oxygen atoms in total. The number of rotatable bonds is 5. The van der Waals surface area contributed by atoms with Crippen LogP contribution in [0.5, 0.6) is 0 Å². The van der Waals surface area contributed by atoms with Crippen molar-refractivity contribution in [1.29, 1.82) is 0 Å². The maximum absolute atomic E-state index is 12.8. The first-order valence-electron chi connectivity index (χ1n) is 9.22. The van der Waals surface area contributed by atoms with Crippen molar-refractivity contribution in [3.8, 4) is 0 Å². The van der Waals surface area contributed by atoms with E-state index < -0.39 is 0 Å². The van der Waals surface area contributed by atoms with Crippen molar-refractivity contribution in [2.45, 2.75) is 48.7 Å². The molecule has 2 fully saturated rings. The summed E-state index contributed by atoms with van der Waals surface area (Å²) in [6.07, 6.45) is 3.48. The lowest BCUT2D eigenvalue weighted by Gasteiger charge is -2.26. The summed E-state index contributed by atoms with van der Waals surface area (Å²) in [5, 5.41) is 9.69. The summed E-state index contributed by atoms with van der Waals surface area (Å²) >= 11 is 1.68. The number of carbonyl (C=O) groups excluding carboxylic acids is 1. The molecule has 2 saturated heterocycles. The molecule has 1 amide bonds. The highest BCUT2D eigenvalue weighted by Gasteiger charge is 2.38. The van der Waals surface area contributed by atoms with Gasteiger partial charge in [-0.05, 0) is 31.2 Å². The van der Waals surface area contributed by atoms with Gasteiger partial charge in [-0.25, -0.2) is 0 Å². The van der Waals surface area contributed by atoms with Gasteiger partial charge in [0.15, 0.2) is 11.0 Å². The maximum atomic E-state index is 12.8. The summed E-state index contributed by atoms with van der Waals surface area (Å²) < 4.78 is 7.64. The first-order chi connectivity index (χ1) is 12.7.